The summed E-state index contributed by atoms with van der Waals surface area (Å²) >= 11 is 6.29. The molecule has 6 heteroatoms. The standard InChI is InChI=1S/C23H34ClNO3Si/c1-21-9-7-16(26)11-15(21)5-6-17-18-8-10-23(27,13-25)22(18,2)12-19(20(17)21)28-29(3,4)14-24/h11,17-20,27H,5-10,12,14H2,1-4H3/t17-,18-,19?,20-,21-,22-,23?/m0/s1. The van der Waals surface area contributed by atoms with Crippen molar-refractivity contribution in [1.82, 2.24) is 0 Å². The van der Waals surface area contributed by atoms with Gasteiger partial charge in [-0.25, -0.2) is 0 Å². The predicted molar refractivity (Wildman–Crippen MR) is 116 cm³/mol. The highest BCUT2D eigenvalue weighted by Crippen LogP contribution is 2.68. The summed E-state index contributed by atoms with van der Waals surface area (Å²) in [6.07, 6.45) is 7.49. The molecule has 0 aromatic heterocycles. The van der Waals surface area contributed by atoms with Gasteiger partial charge in [-0.2, -0.15) is 5.26 Å². The van der Waals surface area contributed by atoms with Crippen LogP contribution in [0.25, 0.3) is 0 Å². The third-order valence-electron chi connectivity index (χ3n) is 9.00. The fourth-order valence-electron chi connectivity index (χ4n) is 7.39. The normalized spacial score (nSPS) is 46.9. The van der Waals surface area contributed by atoms with Crippen LogP contribution in [0.15, 0.2) is 11.6 Å². The first kappa shape index (κ1) is 21.6. The maximum absolute atomic E-state index is 12.1. The number of hydrogen-bond acceptors (Lipinski definition) is 4. The van der Waals surface area contributed by atoms with E-state index in [9.17, 15) is 15.2 Å². The third kappa shape index (κ3) is 3.09. The van der Waals surface area contributed by atoms with E-state index in [4.69, 9.17) is 16.0 Å². The topological polar surface area (TPSA) is 70.3 Å². The van der Waals surface area contributed by atoms with Gasteiger partial charge in [-0.15, -0.1) is 11.6 Å². The van der Waals surface area contributed by atoms with E-state index in [2.05, 4.69) is 33.0 Å². The minimum Gasteiger partial charge on any atom is -0.413 e. The Hall–Kier alpha value is -0.673. The van der Waals surface area contributed by atoms with Crippen LogP contribution in [-0.4, -0.2) is 36.4 Å². The van der Waals surface area contributed by atoms with Crippen molar-refractivity contribution in [2.24, 2.45) is 28.6 Å². The fourth-order valence-corrected chi connectivity index (χ4v) is 8.69. The van der Waals surface area contributed by atoms with E-state index in [1.807, 2.05) is 6.08 Å². The average molecular weight is 436 g/mol. The number of hydrogen-bond donors (Lipinski definition) is 1. The number of ketones is 1. The van der Waals surface area contributed by atoms with Gasteiger partial charge in [0, 0.05) is 23.4 Å². The molecule has 7 atom stereocenters. The highest BCUT2D eigenvalue weighted by atomic mass is 35.5. The van der Waals surface area contributed by atoms with Crippen molar-refractivity contribution in [2.45, 2.75) is 83.6 Å². The van der Waals surface area contributed by atoms with E-state index in [1.165, 1.54) is 5.57 Å². The summed E-state index contributed by atoms with van der Waals surface area (Å²) in [7, 11) is -2.06. The lowest BCUT2D eigenvalue weighted by Gasteiger charge is -2.61. The largest absolute Gasteiger partial charge is 0.413 e. The molecule has 4 nitrogen and oxygen atoms in total. The van der Waals surface area contributed by atoms with Crippen LogP contribution >= 0.6 is 11.6 Å². The highest BCUT2D eigenvalue weighted by Gasteiger charge is 2.67. The van der Waals surface area contributed by atoms with Crippen molar-refractivity contribution in [3.8, 4) is 6.07 Å². The molecule has 3 fully saturated rings. The predicted octanol–water partition coefficient (Wildman–Crippen LogP) is 4.75. The second kappa shape index (κ2) is 6.92. The average Bonchev–Trinajstić information content (AvgIpc) is 2.93. The Balaban J connectivity index is 1.80. The number of rotatable bonds is 3. The molecular formula is C23H34ClNO3Si. The van der Waals surface area contributed by atoms with Crippen LogP contribution in [0, 0.1) is 39.9 Å². The van der Waals surface area contributed by atoms with Gasteiger partial charge in [-0.1, -0.05) is 19.4 Å². The van der Waals surface area contributed by atoms with Crippen LogP contribution in [0.2, 0.25) is 13.1 Å². The molecule has 1 N–H and O–H groups in total. The number of nitrogens with zero attached hydrogens (tertiary/aromatic N) is 1. The van der Waals surface area contributed by atoms with Gasteiger partial charge in [-0.3, -0.25) is 4.79 Å². The van der Waals surface area contributed by atoms with E-state index in [0.717, 1.165) is 25.7 Å². The molecule has 160 valence electrons. The quantitative estimate of drug-likeness (QED) is 0.394. The molecule has 0 amide bonds. The van der Waals surface area contributed by atoms with Crippen LogP contribution in [0.3, 0.4) is 0 Å². The molecule has 0 aromatic carbocycles. The number of allylic oxidation sites excluding steroid dienone is 1. The number of fused-ring (bicyclic) bond motifs is 5. The number of carbonyl (C=O) groups is 1. The monoisotopic (exact) mass is 435 g/mol. The molecule has 0 radical (unpaired) electrons. The summed E-state index contributed by atoms with van der Waals surface area (Å²) in [6.45, 7) is 8.76. The first-order valence-corrected chi connectivity index (χ1v) is 14.8. The van der Waals surface area contributed by atoms with Crippen molar-refractivity contribution in [3.05, 3.63) is 11.6 Å². The Morgan fingerprint density at radius 3 is 2.69 bits per heavy atom. The summed E-state index contributed by atoms with van der Waals surface area (Å²) in [4.78, 5) is 12.1. The summed E-state index contributed by atoms with van der Waals surface area (Å²) in [6, 6.07) is 2.27. The number of carbonyl (C=O) groups excluding carboxylic acids is 1. The van der Waals surface area contributed by atoms with E-state index >= 15 is 0 Å². The van der Waals surface area contributed by atoms with Gasteiger partial charge >= 0.3 is 0 Å². The molecule has 0 spiro atoms. The molecule has 0 aliphatic heterocycles. The van der Waals surface area contributed by atoms with E-state index in [0.29, 0.717) is 42.5 Å². The van der Waals surface area contributed by atoms with Crippen LogP contribution < -0.4 is 0 Å². The molecule has 4 rings (SSSR count). The van der Waals surface area contributed by atoms with Gasteiger partial charge in [-0.05, 0) is 80.9 Å². The zero-order chi connectivity index (χ0) is 21.2. The first-order chi connectivity index (χ1) is 13.5. The zero-order valence-electron chi connectivity index (χ0n) is 18.1. The molecule has 4 aliphatic rings. The number of aliphatic hydroxyl groups is 1. The first-order valence-electron chi connectivity index (χ1n) is 11.1. The van der Waals surface area contributed by atoms with Crippen molar-refractivity contribution >= 4 is 25.7 Å². The summed E-state index contributed by atoms with van der Waals surface area (Å²) in [5.41, 5.74) is 0.0585. The number of nitriles is 1. The minimum absolute atomic E-state index is 0.0263. The number of alkyl halides is 1. The van der Waals surface area contributed by atoms with Gasteiger partial charge in [0.15, 0.2) is 11.4 Å². The summed E-state index contributed by atoms with van der Waals surface area (Å²) < 4.78 is 6.82. The Bertz CT molecular complexity index is 791. The molecule has 29 heavy (non-hydrogen) atoms. The zero-order valence-corrected chi connectivity index (χ0v) is 19.9. The number of halogens is 1. The molecule has 2 unspecified atom stereocenters. The molecule has 0 bridgehead atoms. The van der Waals surface area contributed by atoms with E-state index in [1.54, 1.807) is 0 Å². The lowest BCUT2D eigenvalue weighted by Crippen LogP contribution is -2.61. The van der Waals surface area contributed by atoms with Crippen LogP contribution in [0.5, 0.6) is 0 Å². The lowest BCUT2D eigenvalue weighted by molar-refractivity contribution is -0.151. The second-order valence-corrected chi connectivity index (χ2v) is 15.9. The Labute approximate surface area is 180 Å². The maximum atomic E-state index is 12.1. The molecule has 0 heterocycles. The van der Waals surface area contributed by atoms with Crippen molar-refractivity contribution in [3.63, 3.8) is 0 Å². The van der Waals surface area contributed by atoms with Crippen LogP contribution in [0.1, 0.15) is 58.8 Å². The van der Waals surface area contributed by atoms with Crippen LogP contribution in [0.4, 0.5) is 0 Å². The van der Waals surface area contributed by atoms with Gasteiger partial charge in [0.1, 0.15) is 0 Å². The minimum atomic E-state index is -2.06. The lowest BCUT2D eigenvalue weighted by atomic mass is 9.45. The van der Waals surface area contributed by atoms with Gasteiger partial charge in [0.05, 0.1) is 6.07 Å². The van der Waals surface area contributed by atoms with Gasteiger partial charge < -0.3 is 9.53 Å². The SMILES string of the molecule is C[C@]12CCC(=O)C=C1CC[C@@H]1[C@H]2C(O[Si](C)(C)CCl)C[C@@]2(C)[C@H]1CCC2(O)C#N. The summed E-state index contributed by atoms with van der Waals surface area (Å²) in [5, 5.41) is 21.1. The van der Waals surface area contributed by atoms with Crippen LogP contribution in [-0.2, 0) is 9.22 Å². The molecule has 0 saturated heterocycles. The molecule has 3 saturated carbocycles. The Morgan fingerprint density at radius 2 is 2.03 bits per heavy atom. The molecule has 4 aliphatic carbocycles. The van der Waals surface area contributed by atoms with Gasteiger partial charge in [0.25, 0.3) is 0 Å². The van der Waals surface area contributed by atoms with E-state index in [-0.39, 0.29) is 17.3 Å². The van der Waals surface area contributed by atoms with Crippen molar-refractivity contribution in [2.75, 3.05) is 5.50 Å². The molecule has 0 aromatic rings. The smallest absolute Gasteiger partial charge is 0.201 e. The van der Waals surface area contributed by atoms with E-state index < -0.39 is 19.3 Å². The second-order valence-electron chi connectivity index (χ2n) is 11.1. The highest BCUT2D eigenvalue weighted by molar-refractivity contribution is 6.77. The maximum Gasteiger partial charge on any atom is 0.201 e. The Kier molecular flexibility index (Phi) is 5.14. The van der Waals surface area contributed by atoms with Gasteiger partial charge in [0.2, 0.25) is 8.32 Å². The van der Waals surface area contributed by atoms with Crippen molar-refractivity contribution < 1.29 is 14.3 Å². The summed E-state index contributed by atoms with van der Waals surface area (Å²) in [5.74, 6) is 1.32. The molecular weight excluding hydrogens is 402 g/mol. The third-order valence-corrected chi connectivity index (χ3v) is 12.5. The van der Waals surface area contributed by atoms with Crippen molar-refractivity contribution in [1.29, 1.82) is 5.26 Å². The Morgan fingerprint density at radius 1 is 1.31 bits per heavy atom. The fraction of sp³-hybridized carbons (Fsp3) is 0.826.